The van der Waals surface area contributed by atoms with E-state index in [4.69, 9.17) is 0 Å². The number of rotatable bonds is 5. The fraction of sp³-hybridized carbons (Fsp3) is 0.900. The van der Waals surface area contributed by atoms with Crippen LogP contribution < -0.4 is 5.32 Å². The first-order valence-corrected chi connectivity index (χ1v) is 4.97. The van der Waals surface area contributed by atoms with Crippen molar-refractivity contribution in [2.24, 2.45) is 11.8 Å². The average Bonchev–Trinajstić information content (AvgIpc) is 1.82. The zero-order valence-corrected chi connectivity index (χ0v) is 8.10. The summed E-state index contributed by atoms with van der Waals surface area (Å²) in [5.41, 5.74) is 0. The maximum Gasteiger partial charge on any atom is 0.138 e. The summed E-state index contributed by atoms with van der Waals surface area (Å²) in [6.07, 6.45) is 3.17. The van der Waals surface area contributed by atoms with Crippen LogP contribution in [0, 0.1) is 11.8 Å². The van der Waals surface area contributed by atoms with Crippen LogP contribution in [0.4, 0.5) is 0 Å². The molecule has 1 saturated heterocycles. The highest BCUT2D eigenvalue weighted by atomic mass is 16.1. The molecule has 0 aromatic carbocycles. The van der Waals surface area contributed by atoms with Gasteiger partial charge in [-0.2, -0.15) is 0 Å². The topological polar surface area (TPSA) is 29.1 Å². The largest absolute Gasteiger partial charge is 0.315 e. The molecule has 0 radical (unpaired) electrons. The van der Waals surface area contributed by atoms with Crippen molar-refractivity contribution >= 4 is 5.78 Å². The van der Waals surface area contributed by atoms with Gasteiger partial charge in [0.05, 0.1) is 0 Å². The molecule has 0 amide bonds. The molecule has 0 aromatic rings. The number of hydrogen-bond donors (Lipinski definition) is 1. The van der Waals surface area contributed by atoms with Crippen molar-refractivity contribution < 1.29 is 4.79 Å². The molecule has 1 fully saturated rings. The molecule has 0 aromatic heterocycles. The Morgan fingerprint density at radius 2 is 2.25 bits per heavy atom. The highest BCUT2D eigenvalue weighted by molar-refractivity contribution is 5.82. The third-order valence-corrected chi connectivity index (χ3v) is 2.57. The minimum Gasteiger partial charge on any atom is -0.315 e. The Bertz CT molecular complexity index is 152. The Kier molecular flexibility index (Phi) is 3.73. The van der Waals surface area contributed by atoms with Gasteiger partial charge in [-0.25, -0.2) is 0 Å². The molecular weight excluding hydrogens is 150 g/mol. The van der Waals surface area contributed by atoms with E-state index >= 15 is 0 Å². The lowest BCUT2D eigenvalue weighted by Crippen LogP contribution is -2.46. The minimum atomic E-state index is 0.337. The maximum absolute atomic E-state index is 11.5. The van der Waals surface area contributed by atoms with Crippen LogP contribution in [-0.4, -0.2) is 18.9 Å². The predicted octanol–water partition coefficient (Wildman–Crippen LogP) is 1.60. The lowest BCUT2D eigenvalue weighted by atomic mass is 9.90. The Balaban J connectivity index is 2.15. The standard InChI is InChI=1S/C10H19NO/c1-3-4-8(2)5-10(12)9-6-11-7-9/h8-9,11H,3-7H2,1-2H3. The summed E-state index contributed by atoms with van der Waals surface area (Å²) in [6.45, 7) is 6.18. The summed E-state index contributed by atoms with van der Waals surface area (Å²) in [6, 6.07) is 0. The molecule has 1 atom stereocenters. The molecule has 12 heavy (non-hydrogen) atoms. The van der Waals surface area contributed by atoms with E-state index in [1.807, 2.05) is 0 Å². The molecule has 0 saturated carbocycles. The molecule has 2 heteroatoms. The summed E-state index contributed by atoms with van der Waals surface area (Å²) < 4.78 is 0. The minimum absolute atomic E-state index is 0.337. The summed E-state index contributed by atoms with van der Waals surface area (Å²) in [5, 5.41) is 3.13. The van der Waals surface area contributed by atoms with Crippen LogP contribution in [0.3, 0.4) is 0 Å². The van der Waals surface area contributed by atoms with E-state index in [0.29, 0.717) is 17.6 Å². The summed E-state index contributed by atoms with van der Waals surface area (Å²) in [4.78, 5) is 11.5. The molecule has 0 aliphatic carbocycles. The fourth-order valence-corrected chi connectivity index (χ4v) is 1.62. The normalized spacial score (nSPS) is 20.2. The monoisotopic (exact) mass is 169 g/mol. The Morgan fingerprint density at radius 3 is 2.67 bits per heavy atom. The number of nitrogens with one attached hydrogen (secondary N) is 1. The zero-order valence-electron chi connectivity index (χ0n) is 8.10. The molecule has 2 nitrogen and oxygen atoms in total. The highest BCUT2D eigenvalue weighted by Gasteiger charge is 2.25. The van der Waals surface area contributed by atoms with Crippen LogP contribution >= 0.6 is 0 Å². The van der Waals surface area contributed by atoms with Crippen molar-refractivity contribution in [3.05, 3.63) is 0 Å². The zero-order chi connectivity index (χ0) is 8.97. The van der Waals surface area contributed by atoms with Gasteiger partial charge in [0, 0.05) is 25.4 Å². The molecule has 1 N–H and O–H groups in total. The molecule has 1 heterocycles. The molecule has 1 rings (SSSR count). The third kappa shape index (κ3) is 2.59. The van der Waals surface area contributed by atoms with E-state index in [1.165, 1.54) is 12.8 Å². The van der Waals surface area contributed by atoms with Crippen LogP contribution in [0.1, 0.15) is 33.1 Å². The number of carbonyl (C=O) groups is 1. The Labute approximate surface area is 74.7 Å². The van der Waals surface area contributed by atoms with Crippen molar-refractivity contribution in [2.75, 3.05) is 13.1 Å². The van der Waals surface area contributed by atoms with E-state index in [9.17, 15) is 4.79 Å². The van der Waals surface area contributed by atoms with Crippen molar-refractivity contribution in [3.63, 3.8) is 0 Å². The van der Waals surface area contributed by atoms with Gasteiger partial charge in [0.1, 0.15) is 5.78 Å². The van der Waals surface area contributed by atoms with E-state index < -0.39 is 0 Å². The Hall–Kier alpha value is -0.370. The molecule has 0 spiro atoms. The van der Waals surface area contributed by atoms with Gasteiger partial charge in [-0.15, -0.1) is 0 Å². The van der Waals surface area contributed by atoms with Gasteiger partial charge in [-0.05, 0) is 5.92 Å². The van der Waals surface area contributed by atoms with E-state index in [-0.39, 0.29) is 0 Å². The van der Waals surface area contributed by atoms with Gasteiger partial charge < -0.3 is 5.32 Å². The maximum atomic E-state index is 11.5. The summed E-state index contributed by atoms with van der Waals surface area (Å²) in [5.74, 6) is 1.39. The predicted molar refractivity (Wildman–Crippen MR) is 50.1 cm³/mol. The number of hydrogen-bond acceptors (Lipinski definition) is 2. The van der Waals surface area contributed by atoms with Crippen molar-refractivity contribution in [2.45, 2.75) is 33.1 Å². The number of ketones is 1. The molecule has 1 aliphatic heterocycles. The molecule has 1 unspecified atom stereocenters. The van der Waals surface area contributed by atoms with Crippen LogP contribution in [0.2, 0.25) is 0 Å². The van der Waals surface area contributed by atoms with Gasteiger partial charge >= 0.3 is 0 Å². The van der Waals surface area contributed by atoms with Gasteiger partial charge in [0.2, 0.25) is 0 Å². The first-order valence-electron chi connectivity index (χ1n) is 4.97. The van der Waals surface area contributed by atoms with Crippen molar-refractivity contribution in [1.29, 1.82) is 0 Å². The lowest BCUT2D eigenvalue weighted by molar-refractivity contribution is -0.125. The smallest absolute Gasteiger partial charge is 0.138 e. The van der Waals surface area contributed by atoms with Crippen LogP contribution in [0.5, 0.6) is 0 Å². The average molecular weight is 169 g/mol. The number of Topliss-reactive ketones (excluding diaryl/α,β-unsaturated/α-hetero) is 1. The quantitative estimate of drug-likeness (QED) is 0.677. The second-order valence-corrected chi connectivity index (χ2v) is 3.92. The summed E-state index contributed by atoms with van der Waals surface area (Å²) in [7, 11) is 0. The second kappa shape index (κ2) is 4.61. The van der Waals surface area contributed by atoms with Crippen LogP contribution in [-0.2, 0) is 4.79 Å². The molecule has 70 valence electrons. The third-order valence-electron chi connectivity index (χ3n) is 2.57. The molecule has 1 aliphatic rings. The van der Waals surface area contributed by atoms with Crippen LogP contribution in [0.15, 0.2) is 0 Å². The van der Waals surface area contributed by atoms with Gasteiger partial charge in [0.15, 0.2) is 0 Å². The highest BCUT2D eigenvalue weighted by Crippen LogP contribution is 2.15. The number of carbonyl (C=O) groups excluding carboxylic acids is 1. The first kappa shape index (κ1) is 9.72. The Morgan fingerprint density at radius 1 is 1.58 bits per heavy atom. The van der Waals surface area contributed by atoms with Gasteiger partial charge in [-0.1, -0.05) is 26.7 Å². The van der Waals surface area contributed by atoms with E-state index in [2.05, 4.69) is 19.2 Å². The second-order valence-electron chi connectivity index (χ2n) is 3.92. The molecule has 0 bridgehead atoms. The fourth-order valence-electron chi connectivity index (χ4n) is 1.62. The van der Waals surface area contributed by atoms with Crippen LogP contribution in [0.25, 0.3) is 0 Å². The van der Waals surface area contributed by atoms with Gasteiger partial charge in [0.25, 0.3) is 0 Å². The van der Waals surface area contributed by atoms with Crippen molar-refractivity contribution in [3.8, 4) is 0 Å². The molecular formula is C10H19NO. The van der Waals surface area contributed by atoms with E-state index in [1.54, 1.807) is 0 Å². The summed E-state index contributed by atoms with van der Waals surface area (Å²) >= 11 is 0. The lowest BCUT2D eigenvalue weighted by Gasteiger charge is -2.26. The first-order chi connectivity index (χ1) is 5.74. The van der Waals surface area contributed by atoms with Gasteiger partial charge in [-0.3, -0.25) is 4.79 Å². The SMILES string of the molecule is CCCC(C)CC(=O)C1CNC1. The van der Waals surface area contributed by atoms with Crippen molar-refractivity contribution in [1.82, 2.24) is 5.32 Å². The van der Waals surface area contributed by atoms with E-state index in [0.717, 1.165) is 19.5 Å².